The number of nitrogen functional groups attached to an aromatic ring is 1. The highest BCUT2D eigenvalue weighted by Crippen LogP contribution is 2.31. The Morgan fingerprint density at radius 2 is 2.35 bits per heavy atom. The first-order valence-corrected chi connectivity index (χ1v) is 6.87. The molecule has 1 aliphatic heterocycles. The van der Waals surface area contributed by atoms with Crippen molar-refractivity contribution in [1.82, 2.24) is 14.9 Å². The molecule has 1 unspecified atom stereocenters. The largest absolute Gasteiger partial charge is 0.397 e. The van der Waals surface area contributed by atoms with E-state index in [-0.39, 0.29) is 11.9 Å². The summed E-state index contributed by atoms with van der Waals surface area (Å²) >= 11 is 0. The molecule has 3 N–H and O–H groups in total. The molecule has 1 aliphatic rings. The minimum atomic E-state index is 0.124. The Kier molecular flexibility index (Phi) is 3.41. The smallest absolute Gasteiger partial charge is 0.229 e. The lowest BCUT2D eigenvalue weighted by atomic mass is 10.1. The van der Waals surface area contributed by atoms with E-state index in [2.05, 4.69) is 9.97 Å². The second-order valence-corrected chi connectivity index (χ2v) is 5.13. The Balaban J connectivity index is 1.71. The second kappa shape index (κ2) is 5.36. The zero-order chi connectivity index (χ0) is 13.9. The summed E-state index contributed by atoms with van der Waals surface area (Å²) in [6.07, 6.45) is 5.89. The third-order valence-electron chi connectivity index (χ3n) is 3.73. The van der Waals surface area contributed by atoms with Crippen molar-refractivity contribution < 1.29 is 4.79 Å². The maximum atomic E-state index is 12.4. The number of carbonyl (C=O) groups is 1. The van der Waals surface area contributed by atoms with Crippen LogP contribution in [0.25, 0.3) is 0 Å². The van der Waals surface area contributed by atoms with E-state index < -0.39 is 0 Å². The summed E-state index contributed by atoms with van der Waals surface area (Å²) in [7, 11) is 0. The third-order valence-corrected chi connectivity index (χ3v) is 3.73. The number of hydrogen-bond donors (Lipinski definition) is 2. The highest BCUT2D eigenvalue weighted by atomic mass is 16.2. The lowest BCUT2D eigenvalue weighted by Gasteiger charge is -2.24. The van der Waals surface area contributed by atoms with Crippen molar-refractivity contribution in [1.29, 1.82) is 0 Å². The molecule has 0 radical (unpaired) electrons. The summed E-state index contributed by atoms with van der Waals surface area (Å²) in [5.74, 6) is 0.124. The number of aromatic amines is 1. The third kappa shape index (κ3) is 2.52. The van der Waals surface area contributed by atoms with Gasteiger partial charge in [-0.2, -0.15) is 0 Å². The number of carbonyl (C=O) groups excluding carboxylic acids is 1. The first kappa shape index (κ1) is 12.7. The van der Waals surface area contributed by atoms with Crippen molar-refractivity contribution in [3.05, 3.63) is 48.0 Å². The van der Waals surface area contributed by atoms with Crippen molar-refractivity contribution in [2.75, 3.05) is 12.3 Å². The normalized spacial score (nSPS) is 18.4. The molecule has 20 heavy (non-hydrogen) atoms. The molecule has 3 heterocycles. The van der Waals surface area contributed by atoms with Gasteiger partial charge < -0.3 is 15.6 Å². The highest BCUT2D eigenvalue weighted by molar-refractivity contribution is 5.79. The maximum absolute atomic E-state index is 12.4. The van der Waals surface area contributed by atoms with E-state index in [1.165, 1.54) is 0 Å². The SMILES string of the molecule is Nc1ccc(CC(=O)N2CCCC2c2ccc[nH]2)nc1. The summed E-state index contributed by atoms with van der Waals surface area (Å²) in [5, 5.41) is 0. The van der Waals surface area contributed by atoms with E-state index in [0.29, 0.717) is 12.1 Å². The highest BCUT2D eigenvalue weighted by Gasteiger charge is 2.30. The van der Waals surface area contributed by atoms with Crippen LogP contribution in [0, 0.1) is 0 Å². The quantitative estimate of drug-likeness (QED) is 0.894. The van der Waals surface area contributed by atoms with Gasteiger partial charge in [0.2, 0.25) is 5.91 Å². The molecule has 0 spiro atoms. The minimum absolute atomic E-state index is 0.124. The minimum Gasteiger partial charge on any atom is -0.397 e. The Morgan fingerprint density at radius 1 is 1.45 bits per heavy atom. The van der Waals surface area contributed by atoms with Gasteiger partial charge in [0.15, 0.2) is 0 Å². The van der Waals surface area contributed by atoms with Gasteiger partial charge >= 0.3 is 0 Å². The van der Waals surface area contributed by atoms with Crippen LogP contribution in [0.5, 0.6) is 0 Å². The maximum Gasteiger partial charge on any atom is 0.229 e. The number of pyridine rings is 1. The molecule has 1 saturated heterocycles. The van der Waals surface area contributed by atoms with Gasteiger partial charge in [-0.05, 0) is 37.1 Å². The van der Waals surface area contributed by atoms with Crippen LogP contribution >= 0.6 is 0 Å². The Hall–Kier alpha value is -2.30. The summed E-state index contributed by atoms with van der Waals surface area (Å²) < 4.78 is 0. The summed E-state index contributed by atoms with van der Waals surface area (Å²) in [6.45, 7) is 0.817. The number of aromatic nitrogens is 2. The van der Waals surface area contributed by atoms with Crippen LogP contribution in [0.4, 0.5) is 5.69 Å². The van der Waals surface area contributed by atoms with Crippen LogP contribution in [-0.4, -0.2) is 27.3 Å². The van der Waals surface area contributed by atoms with Gasteiger partial charge in [0.1, 0.15) is 0 Å². The van der Waals surface area contributed by atoms with Crippen molar-refractivity contribution in [3.8, 4) is 0 Å². The summed E-state index contributed by atoms with van der Waals surface area (Å²) in [5.41, 5.74) is 8.10. The number of nitrogens with two attached hydrogens (primary N) is 1. The number of hydrogen-bond acceptors (Lipinski definition) is 3. The topological polar surface area (TPSA) is 75.0 Å². The van der Waals surface area contributed by atoms with Gasteiger partial charge in [0, 0.05) is 24.1 Å². The van der Waals surface area contributed by atoms with Crippen molar-refractivity contribution in [3.63, 3.8) is 0 Å². The van der Waals surface area contributed by atoms with Crippen molar-refractivity contribution in [2.45, 2.75) is 25.3 Å². The van der Waals surface area contributed by atoms with E-state index in [0.717, 1.165) is 30.8 Å². The molecule has 1 atom stereocenters. The molecule has 5 heteroatoms. The van der Waals surface area contributed by atoms with E-state index in [9.17, 15) is 4.79 Å². The molecule has 1 amide bonds. The fraction of sp³-hybridized carbons (Fsp3) is 0.333. The summed E-state index contributed by atoms with van der Waals surface area (Å²) in [4.78, 5) is 21.8. The zero-order valence-electron chi connectivity index (χ0n) is 11.2. The lowest BCUT2D eigenvalue weighted by molar-refractivity contribution is -0.131. The molecule has 1 fully saturated rings. The second-order valence-electron chi connectivity index (χ2n) is 5.13. The molecule has 3 rings (SSSR count). The zero-order valence-corrected chi connectivity index (χ0v) is 11.2. The van der Waals surface area contributed by atoms with Crippen LogP contribution in [0.2, 0.25) is 0 Å². The van der Waals surface area contributed by atoms with Crippen molar-refractivity contribution in [2.24, 2.45) is 0 Å². The number of rotatable bonds is 3. The molecule has 2 aromatic heterocycles. The fourth-order valence-corrected chi connectivity index (χ4v) is 2.74. The number of nitrogens with zero attached hydrogens (tertiary/aromatic N) is 2. The monoisotopic (exact) mass is 270 g/mol. The van der Waals surface area contributed by atoms with E-state index >= 15 is 0 Å². The number of nitrogens with one attached hydrogen (secondary N) is 1. The van der Waals surface area contributed by atoms with Crippen LogP contribution in [0.15, 0.2) is 36.7 Å². The van der Waals surface area contributed by atoms with Crippen LogP contribution < -0.4 is 5.73 Å². The molecule has 0 aliphatic carbocycles. The molecule has 0 saturated carbocycles. The van der Waals surface area contributed by atoms with E-state index in [1.54, 1.807) is 12.3 Å². The number of amides is 1. The predicted octanol–water partition coefficient (Wildman–Crippen LogP) is 1.90. The Morgan fingerprint density at radius 3 is 3.05 bits per heavy atom. The predicted molar refractivity (Wildman–Crippen MR) is 76.8 cm³/mol. The molecule has 0 bridgehead atoms. The Bertz CT molecular complexity index is 576. The molecular weight excluding hydrogens is 252 g/mol. The summed E-state index contributed by atoms with van der Waals surface area (Å²) in [6, 6.07) is 7.77. The first-order valence-electron chi connectivity index (χ1n) is 6.87. The van der Waals surface area contributed by atoms with Crippen LogP contribution in [0.3, 0.4) is 0 Å². The average Bonchev–Trinajstić information content (AvgIpc) is 3.11. The van der Waals surface area contributed by atoms with Gasteiger partial charge in [0.05, 0.1) is 24.3 Å². The van der Waals surface area contributed by atoms with Crippen LogP contribution in [0.1, 0.15) is 30.3 Å². The van der Waals surface area contributed by atoms with Gasteiger partial charge in [0.25, 0.3) is 0 Å². The number of H-pyrrole nitrogens is 1. The average molecular weight is 270 g/mol. The number of likely N-dealkylation sites (tertiary alicyclic amines) is 1. The van der Waals surface area contributed by atoms with E-state index in [4.69, 9.17) is 5.73 Å². The molecule has 0 aromatic carbocycles. The lowest BCUT2D eigenvalue weighted by Crippen LogP contribution is -2.32. The van der Waals surface area contributed by atoms with Gasteiger partial charge in [-0.3, -0.25) is 9.78 Å². The van der Waals surface area contributed by atoms with Gasteiger partial charge in [-0.15, -0.1) is 0 Å². The van der Waals surface area contributed by atoms with Gasteiger partial charge in [-0.25, -0.2) is 0 Å². The van der Waals surface area contributed by atoms with Crippen molar-refractivity contribution >= 4 is 11.6 Å². The van der Waals surface area contributed by atoms with Gasteiger partial charge in [-0.1, -0.05) is 0 Å². The molecule has 2 aromatic rings. The molecule has 104 valence electrons. The first-order chi connectivity index (χ1) is 9.74. The Labute approximate surface area is 117 Å². The molecular formula is C15H18N4O. The van der Waals surface area contributed by atoms with Crippen LogP contribution in [-0.2, 0) is 11.2 Å². The fourth-order valence-electron chi connectivity index (χ4n) is 2.74. The standard InChI is InChI=1S/C15H18N4O/c16-11-5-6-12(18-10-11)9-15(20)19-8-2-4-14(19)13-3-1-7-17-13/h1,3,5-7,10,14,17H,2,4,8-9,16H2. The van der Waals surface area contributed by atoms with E-state index in [1.807, 2.05) is 29.3 Å². The molecule has 5 nitrogen and oxygen atoms in total. The number of anilines is 1.